The zero-order valence-corrected chi connectivity index (χ0v) is 42.7. The third-order valence-electron chi connectivity index (χ3n) is 15.1. The molecule has 11 aromatic carbocycles. The fourth-order valence-corrected chi connectivity index (χ4v) is 14.0. The van der Waals surface area contributed by atoms with Crippen molar-refractivity contribution in [1.82, 2.24) is 4.98 Å². The Morgan fingerprint density at radius 3 is 1.01 bits per heavy atom. The van der Waals surface area contributed by atoms with Crippen LogP contribution in [0.25, 0.3) is 133 Å². The smallest absolute Gasteiger partial charge is 0.171 e. The average molecular weight is 1020 g/mol. The second kappa shape index (κ2) is 18.4. The van der Waals surface area contributed by atoms with Crippen LogP contribution in [0.5, 0.6) is 0 Å². The van der Waals surface area contributed by atoms with Gasteiger partial charge in [0.1, 0.15) is 44.7 Å². The van der Waals surface area contributed by atoms with Crippen LogP contribution in [0.3, 0.4) is 0 Å². The van der Waals surface area contributed by atoms with Crippen molar-refractivity contribution in [3.63, 3.8) is 0 Å². The highest BCUT2D eigenvalue weighted by atomic mass is 31.2. The summed E-state index contributed by atoms with van der Waals surface area (Å²) in [7, 11) is -3.01. The first-order valence-electron chi connectivity index (χ1n) is 26.0. The second-order valence-electron chi connectivity index (χ2n) is 19.6. The van der Waals surface area contributed by atoms with Crippen LogP contribution in [-0.4, -0.2) is 4.98 Å². The van der Waals surface area contributed by atoms with Gasteiger partial charge in [0.25, 0.3) is 0 Å². The summed E-state index contributed by atoms with van der Waals surface area (Å²) in [6.07, 6.45) is 0. The van der Waals surface area contributed by atoms with Gasteiger partial charge in [-0.2, -0.15) is 0 Å². The van der Waals surface area contributed by atoms with E-state index in [4.69, 9.17) is 22.7 Å². The molecule has 0 unspecified atom stereocenters. The van der Waals surface area contributed by atoms with Gasteiger partial charge >= 0.3 is 0 Å². The standard InChI is InChI=1S/C36H23O3P.C35H21NO2/c37-40(26-9-3-1-4-10-26,27-11-5-2-6-12-27)28-18-15-24(16-19-28)25-17-20-30-34(23-25)39-33-22-21-32-35(36(30)33)29-13-7-8-14-31(29)38-32;1-3-9-22(10-4-1)28-19-25(20-29(36-28)23-11-5-2-6-12-23)24-15-16-27-33(21-24)38-32-18-17-31-34(35(27)32)26-13-7-8-14-30(26)37-31/h1-23H;1-21H. The quantitative estimate of drug-likeness (QED) is 0.148. The molecule has 0 saturated carbocycles. The van der Waals surface area contributed by atoms with Crippen molar-refractivity contribution in [3.05, 3.63) is 267 Å². The van der Waals surface area contributed by atoms with Crippen molar-refractivity contribution in [3.8, 4) is 44.8 Å². The molecule has 0 saturated heterocycles. The Morgan fingerprint density at radius 1 is 0.244 bits per heavy atom. The van der Waals surface area contributed by atoms with E-state index in [0.29, 0.717) is 0 Å². The van der Waals surface area contributed by atoms with Crippen molar-refractivity contribution in [1.29, 1.82) is 0 Å². The Hall–Kier alpha value is -10.0. The van der Waals surface area contributed by atoms with Gasteiger partial charge in [-0.25, -0.2) is 4.98 Å². The molecule has 16 rings (SSSR count). The van der Waals surface area contributed by atoms with Crippen LogP contribution in [0.15, 0.2) is 285 Å². The summed E-state index contributed by atoms with van der Waals surface area (Å²) in [5, 5.41) is 11.2. The predicted octanol–water partition coefficient (Wildman–Crippen LogP) is 18.7. The predicted molar refractivity (Wildman–Crippen MR) is 321 cm³/mol. The molecule has 7 heteroatoms. The molecular formula is C71H44NO5P. The molecule has 0 fully saturated rings. The normalized spacial score (nSPS) is 11.9. The molecule has 368 valence electrons. The third kappa shape index (κ3) is 7.56. The Balaban J connectivity index is 0.000000136. The summed E-state index contributed by atoms with van der Waals surface area (Å²) >= 11 is 0. The molecule has 0 N–H and O–H groups in total. The highest BCUT2D eigenvalue weighted by Gasteiger charge is 2.29. The topological polar surface area (TPSA) is 82.5 Å². The van der Waals surface area contributed by atoms with Gasteiger partial charge in [-0.15, -0.1) is 0 Å². The van der Waals surface area contributed by atoms with E-state index in [1.165, 1.54) is 0 Å². The maximum absolute atomic E-state index is 14.7. The van der Waals surface area contributed by atoms with Crippen LogP contribution in [0.4, 0.5) is 0 Å². The van der Waals surface area contributed by atoms with Gasteiger partial charge in [-0.05, 0) is 95.1 Å². The summed E-state index contributed by atoms with van der Waals surface area (Å²) in [6, 6.07) is 89.7. The lowest BCUT2D eigenvalue weighted by molar-refractivity contribution is 0.592. The number of aromatic nitrogens is 1. The SMILES string of the molecule is O=P(c1ccccc1)(c1ccccc1)c1ccc(-c2ccc3c(c2)oc2ccc4oc5ccccc5c4c23)cc1.c1ccc(-c2cc(-c3ccc4c(c3)oc3ccc5oc6ccccc6c5c34)cc(-c3ccccc3)n2)cc1. The van der Waals surface area contributed by atoms with Crippen LogP contribution in [0.1, 0.15) is 0 Å². The lowest BCUT2D eigenvalue weighted by atomic mass is 9.98. The number of hydrogen-bond acceptors (Lipinski definition) is 6. The van der Waals surface area contributed by atoms with E-state index in [1.54, 1.807) is 0 Å². The number of fused-ring (bicyclic) bond motifs is 14. The second-order valence-corrected chi connectivity index (χ2v) is 22.4. The molecule has 78 heavy (non-hydrogen) atoms. The van der Waals surface area contributed by atoms with E-state index in [9.17, 15) is 4.57 Å². The minimum atomic E-state index is -3.01. The molecule has 0 aliphatic heterocycles. The molecule has 0 aliphatic rings. The molecule has 0 amide bonds. The van der Waals surface area contributed by atoms with Crippen LogP contribution in [-0.2, 0) is 4.57 Å². The van der Waals surface area contributed by atoms with Gasteiger partial charge in [0, 0.05) is 70.1 Å². The molecule has 0 aliphatic carbocycles. The summed E-state index contributed by atoms with van der Waals surface area (Å²) in [6.45, 7) is 0. The summed E-state index contributed by atoms with van der Waals surface area (Å²) in [4.78, 5) is 5.02. The first kappa shape index (κ1) is 45.4. The number of pyridine rings is 1. The molecule has 0 bridgehead atoms. The molecule has 0 spiro atoms. The van der Waals surface area contributed by atoms with Crippen molar-refractivity contribution in [2.24, 2.45) is 0 Å². The molecule has 0 atom stereocenters. The van der Waals surface area contributed by atoms with Crippen LogP contribution in [0.2, 0.25) is 0 Å². The van der Waals surface area contributed by atoms with Gasteiger partial charge in [0.05, 0.1) is 11.4 Å². The first-order chi connectivity index (χ1) is 38.5. The maximum atomic E-state index is 14.7. The van der Waals surface area contributed by atoms with E-state index in [0.717, 1.165) is 148 Å². The van der Waals surface area contributed by atoms with Crippen LogP contribution in [0, 0.1) is 0 Å². The summed E-state index contributed by atoms with van der Waals surface area (Å²) in [5.41, 5.74) is 15.2. The highest BCUT2D eigenvalue weighted by molar-refractivity contribution is 7.85. The monoisotopic (exact) mass is 1020 g/mol. The minimum absolute atomic E-state index is 0.813. The van der Waals surface area contributed by atoms with Crippen molar-refractivity contribution in [2.75, 3.05) is 0 Å². The highest BCUT2D eigenvalue weighted by Crippen LogP contribution is 2.45. The van der Waals surface area contributed by atoms with Crippen LogP contribution >= 0.6 is 7.14 Å². The van der Waals surface area contributed by atoms with Crippen LogP contribution < -0.4 is 15.9 Å². The largest absolute Gasteiger partial charge is 0.456 e. The van der Waals surface area contributed by atoms with Gasteiger partial charge < -0.3 is 22.2 Å². The number of para-hydroxylation sites is 2. The van der Waals surface area contributed by atoms with Crippen molar-refractivity contribution < 1.29 is 22.2 Å². The van der Waals surface area contributed by atoms with E-state index in [2.05, 4.69) is 103 Å². The van der Waals surface area contributed by atoms with Gasteiger partial charge in [0.2, 0.25) is 0 Å². The van der Waals surface area contributed by atoms with Gasteiger partial charge in [-0.3, -0.25) is 0 Å². The molecule has 0 radical (unpaired) electrons. The fourth-order valence-electron chi connectivity index (χ4n) is 11.3. The van der Waals surface area contributed by atoms with Gasteiger partial charge in [-0.1, -0.05) is 194 Å². The Bertz CT molecular complexity index is 4880. The lowest BCUT2D eigenvalue weighted by Gasteiger charge is -2.20. The van der Waals surface area contributed by atoms with Crippen molar-refractivity contribution >= 4 is 111 Å². The lowest BCUT2D eigenvalue weighted by Crippen LogP contribution is -2.24. The Labute approximate surface area is 447 Å². The number of furan rings is 4. The molecule has 16 aromatic rings. The molecule has 5 heterocycles. The van der Waals surface area contributed by atoms with Gasteiger partial charge in [0.15, 0.2) is 7.14 Å². The Kier molecular flexibility index (Phi) is 10.7. The maximum Gasteiger partial charge on any atom is 0.171 e. The Morgan fingerprint density at radius 2 is 0.577 bits per heavy atom. The molecule has 5 aromatic heterocycles. The molecular weight excluding hydrogens is 978 g/mol. The number of benzene rings is 11. The molecule has 6 nitrogen and oxygen atoms in total. The fraction of sp³-hybridized carbons (Fsp3) is 0. The average Bonchev–Trinajstić information content (AvgIpc) is 4.33. The first-order valence-corrected chi connectivity index (χ1v) is 27.7. The number of rotatable bonds is 7. The minimum Gasteiger partial charge on any atom is -0.456 e. The van der Waals surface area contributed by atoms with E-state index in [-0.39, 0.29) is 0 Å². The van der Waals surface area contributed by atoms with Crippen molar-refractivity contribution in [2.45, 2.75) is 0 Å². The summed E-state index contributed by atoms with van der Waals surface area (Å²) < 4.78 is 39.7. The zero-order chi connectivity index (χ0) is 51.7. The van der Waals surface area contributed by atoms with E-state index in [1.807, 2.05) is 164 Å². The number of hydrogen-bond donors (Lipinski definition) is 0. The summed E-state index contributed by atoms with van der Waals surface area (Å²) in [5.74, 6) is 0. The van der Waals surface area contributed by atoms with E-state index < -0.39 is 7.14 Å². The zero-order valence-electron chi connectivity index (χ0n) is 41.8. The third-order valence-corrected chi connectivity index (χ3v) is 18.1. The van der Waals surface area contributed by atoms with E-state index >= 15 is 0 Å². The number of nitrogens with zero attached hydrogens (tertiary/aromatic N) is 1.